The number of hydrogen-bond donors (Lipinski definition) is 0. The summed E-state index contributed by atoms with van der Waals surface area (Å²) in [6.45, 7) is 0.0879. The van der Waals surface area contributed by atoms with Crippen molar-refractivity contribution in [3.8, 4) is 11.5 Å². The molecule has 3 rings (SSSR count). The van der Waals surface area contributed by atoms with Gasteiger partial charge in [0, 0.05) is 13.1 Å². The Morgan fingerprint density at radius 1 is 1.27 bits per heavy atom. The fourth-order valence-corrected chi connectivity index (χ4v) is 4.09. The van der Waals surface area contributed by atoms with Crippen LogP contribution in [0.5, 0.6) is 11.5 Å². The van der Waals surface area contributed by atoms with E-state index in [9.17, 15) is 23.2 Å². The summed E-state index contributed by atoms with van der Waals surface area (Å²) in [5.41, 5.74) is 0.468. The number of imide groups is 1. The third-order valence-corrected chi connectivity index (χ3v) is 5.91. The molecule has 0 radical (unpaired) electrons. The zero-order valence-electron chi connectivity index (χ0n) is 16.6. The van der Waals surface area contributed by atoms with E-state index in [1.54, 1.807) is 4.90 Å². The highest BCUT2D eigenvalue weighted by atomic mass is 32.2. The molecule has 2 aliphatic heterocycles. The summed E-state index contributed by atoms with van der Waals surface area (Å²) >= 11 is 0.730. The second-order valence-corrected chi connectivity index (χ2v) is 8.11. The van der Waals surface area contributed by atoms with Crippen molar-refractivity contribution in [1.82, 2.24) is 9.80 Å². The van der Waals surface area contributed by atoms with Crippen molar-refractivity contribution >= 4 is 34.9 Å². The van der Waals surface area contributed by atoms with Gasteiger partial charge >= 0.3 is 6.61 Å². The molecule has 0 unspecified atom stereocenters. The van der Waals surface area contributed by atoms with Gasteiger partial charge in [-0.15, -0.1) is 0 Å². The lowest BCUT2D eigenvalue weighted by Gasteiger charge is -2.31. The summed E-state index contributed by atoms with van der Waals surface area (Å²) in [4.78, 5) is 40.2. The smallest absolute Gasteiger partial charge is 0.387 e. The average Bonchev–Trinajstić information content (AvgIpc) is 2.96. The number of halogens is 2. The second kappa shape index (κ2) is 9.46. The average molecular weight is 440 g/mol. The third kappa shape index (κ3) is 5.10. The SMILES string of the molecule is COc1cc(/C=C2\SC(=O)N(CC(=O)N3CCC(C)CC3)C2=O)ccc1OC(F)F. The first-order valence-corrected chi connectivity index (χ1v) is 10.3. The Bertz CT molecular complexity index is 869. The van der Waals surface area contributed by atoms with Crippen LogP contribution in [0.3, 0.4) is 0 Å². The zero-order valence-corrected chi connectivity index (χ0v) is 17.4. The molecule has 7 nitrogen and oxygen atoms in total. The van der Waals surface area contributed by atoms with Crippen LogP contribution in [0.4, 0.5) is 13.6 Å². The first-order chi connectivity index (χ1) is 14.3. The highest BCUT2D eigenvalue weighted by molar-refractivity contribution is 8.18. The molecular formula is C20H22F2N2O5S. The quantitative estimate of drug-likeness (QED) is 0.630. The minimum absolute atomic E-state index is 0.0674. The Morgan fingerprint density at radius 3 is 2.60 bits per heavy atom. The summed E-state index contributed by atoms with van der Waals surface area (Å²) in [6, 6.07) is 4.18. The summed E-state index contributed by atoms with van der Waals surface area (Å²) < 4.78 is 34.3. The molecule has 0 aliphatic carbocycles. The number of benzene rings is 1. The van der Waals surface area contributed by atoms with E-state index in [0.717, 1.165) is 29.5 Å². The van der Waals surface area contributed by atoms with Gasteiger partial charge in [-0.2, -0.15) is 8.78 Å². The molecule has 2 aliphatic rings. The molecule has 1 aromatic carbocycles. The van der Waals surface area contributed by atoms with E-state index in [4.69, 9.17) is 4.74 Å². The molecule has 1 aromatic rings. The van der Waals surface area contributed by atoms with Crippen LogP contribution in [-0.4, -0.2) is 60.2 Å². The number of ether oxygens (including phenoxy) is 2. The number of carbonyl (C=O) groups is 3. The maximum absolute atomic E-state index is 12.6. The molecule has 0 atom stereocenters. The van der Waals surface area contributed by atoms with Gasteiger partial charge in [-0.3, -0.25) is 19.3 Å². The van der Waals surface area contributed by atoms with E-state index in [-0.39, 0.29) is 28.9 Å². The summed E-state index contributed by atoms with van der Waals surface area (Å²) in [6.07, 6.45) is 3.26. The Kier molecular flexibility index (Phi) is 6.96. The van der Waals surface area contributed by atoms with E-state index in [2.05, 4.69) is 11.7 Å². The van der Waals surface area contributed by atoms with Gasteiger partial charge in [0.15, 0.2) is 11.5 Å². The minimum atomic E-state index is -3.00. The highest BCUT2D eigenvalue weighted by Crippen LogP contribution is 2.35. The van der Waals surface area contributed by atoms with Crippen LogP contribution < -0.4 is 9.47 Å². The first-order valence-electron chi connectivity index (χ1n) is 9.44. The molecule has 0 N–H and O–H groups in total. The maximum Gasteiger partial charge on any atom is 0.387 e. The number of piperidine rings is 1. The monoisotopic (exact) mass is 440 g/mol. The Balaban J connectivity index is 1.71. The number of rotatable bonds is 6. The number of amides is 3. The van der Waals surface area contributed by atoms with E-state index >= 15 is 0 Å². The standard InChI is InChI=1S/C20H22F2N2O5S/c1-12-5-7-23(8-6-12)17(25)11-24-18(26)16(30-20(24)27)10-13-3-4-14(29-19(21)22)15(9-13)28-2/h3-4,9-10,12,19H,5-8,11H2,1-2H3/b16-10-. The Hall–Kier alpha value is -2.62. The van der Waals surface area contributed by atoms with Gasteiger partial charge in [0.25, 0.3) is 11.1 Å². The molecule has 2 fully saturated rings. The number of hydrogen-bond acceptors (Lipinski definition) is 6. The molecule has 0 aromatic heterocycles. The normalized spacial score (nSPS) is 19.2. The van der Waals surface area contributed by atoms with Gasteiger partial charge in [0.1, 0.15) is 6.54 Å². The molecule has 162 valence electrons. The van der Waals surface area contributed by atoms with Crippen molar-refractivity contribution in [3.63, 3.8) is 0 Å². The van der Waals surface area contributed by atoms with Crippen molar-refractivity contribution in [2.24, 2.45) is 5.92 Å². The molecule has 0 bridgehead atoms. The van der Waals surface area contributed by atoms with E-state index in [1.165, 1.54) is 31.4 Å². The van der Waals surface area contributed by atoms with Crippen LogP contribution >= 0.6 is 11.8 Å². The first kappa shape index (κ1) is 22.1. The molecule has 2 saturated heterocycles. The van der Waals surface area contributed by atoms with Crippen molar-refractivity contribution in [2.45, 2.75) is 26.4 Å². The largest absolute Gasteiger partial charge is 0.493 e. The Labute approximate surface area is 177 Å². The van der Waals surface area contributed by atoms with Crippen LogP contribution in [-0.2, 0) is 9.59 Å². The summed E-state index contributed by atoms with van der Waals surface area (Å²) in [5.74, 6) is -0.322. The van der Waals surface area contributed by atoms with Gasteiger partial charge < -0.3 is 14.4 Å². The number of alkyl halides is 2. The molecule has 0 saturated carbocycles. The second-order valence-electron chi connectivity index (χ2n) is 7.12. The van der Waals surface area contributed by atoms with Crippen LogP contribution in [0.25, 0.3) is 6.08 Å². The molecule has 3 amide bonds. The van der Waals surface area contributed by atoms with Crippen molar-refractivity contribution in [1.29, 1.82) is 0 Å². The highest BCUT2D eigenvalue weighted by Gasteiger charge is 2.37. The predicted octanol–water partition coefficient (Wildman–Crippen LogP) is 3.59. The van der Waals surface area contributed by atoms with E-state index in [0.29, 0.717) is 24.6 Å². The zero-order chi connectivity index (χ0) is 21.8. The fourth-order valence-electron chi connectivity index (χ4n) is 3.25. The number of likely N-dealkylation sites (tertiary alicyclic amines) is 1. The van der Waals surface area contributed by atoms with Crippen LogP contribution in [0.2, 0.25) is 0 Å². The molecular weight excluding hydrogens is 418 g/mol. The Morgan fingerprint density at radius 2 is 1.97 bits per heavy atom. The van der Waals surface area contributed by atoms with Crippen LogP contribution in [0.15, 0.2) is 23.1 Å². The lowest BCUT2D eigenvalue weighted by atomic mass is 9.99. The molecule has 30 heavy (non-hydrogen) atoms. The third-order valence-electron chi connectivity index (χ3n) is 5.00. The van der Waals surface area contributed by atoms with Crippen molar-refractivity contribution in [2.75, 3.05) is 26.7 Å². The number of thioether (sulfide) groups is 1. The van der Waals surface area contributed by atoms with Gasteiger partial charge in [0.05, 0.1) is 12.0 Å². The van der Waals surface area contributed by atoms with E-state index < -0.39 is 17.8 Å². The number of nitrogens with zero attached hydrogens (tertiary/aromatic N) is 2. The summed E-state index contributed by atoms with van der Waals surface area (Å²) in [5, 5.41) is -0.519. The van der Waals surface area contributed by atoms with Gasteiger partial charge in [-0.05, 0) is 54.3 Å². The number of methoxy groups -OCH3 is 1. The number of carbonyl (C=O) groups excluding carboxylic acids is 3. The van der Waals surface area contributed by atoms with Crippen molar-refractivity contribution < 1.29 is 32.6 Å². The fraction of sp³-hybridized carbons (Fsp3) is 0.450. The lowest BCUT2D eigenvalue weighted by Crippen LogP contribution is -2.45. The van der Waals surface area contributed by atoms with Crippen LogP contribution in [0.1, 0.15) is 25.3 Å². The topological polar surface area (TPSA) is 76.2 Å². The molecule has 2 heterocycles. The van der Waals surface area contributed by atoms with E-state index in [1.807, 2.05) is 0 Å². The minimum Gasteiger partial charge on any atom is -0.493 e. The van der Waals surface area contributed by atoms with Crippen molar-refractivity contribution in [3.05, 3.63) is 28.7 Å². The molecule has 0 spiro atoms. The maximum atomic E-state index is 12.6. The van der Waals surface area contributed by atoms with Crippen LogP contribution in [0, 0.1) is 5.92 Å². The van der Waals surface area contributed by atoms with Gasteiger partial charge in [-0.1, -0.05) is 13.0 Å². The lowest BCUT2D eigenvalue weighted by molar-refractivity contribution is -0.136. The molecule has 10 heteroatoms. The predicted molar refractivity (Wildman–Crippen MR) is 107 cm³/mol. The van der Waals surface area contributed by atoms with Gasteiger partial charge in [-0.25, -0.2) is 0 Å². The van der Waals surface area contributed by atoms with Gasteiger partial charge in [0.2, 0.25) is 5.91 Å². The summed E-state index contributed by atoms with van der Waals surface area (Å²) in [7, 11) is 1.30.